The van der Waals surface area contributed by atoms with Crippen molar-refractivity contribution in [3.05, 3.63) is 0 Å². The lowest BCUT2D eigenvalue weighted by molar-refractivity contribution is 0.119. The monoisotopic (exact) mass is 150 g/mol. The molecule has 1 rings (SSSR count). The van der Waals surface area contributed by atoms with Crippen LogP contribution in [0.1, 0.15) is 31.7 Å². The Bertz CT molecular complexity index is 319. The number of piperazine rings is 1. The average Bonchev–Trinajstić information content (AvgIpc) is 1.93. The SMILES string of the molecule is [2H]C1([2H])NC([2H])([2H])C([2H])([2H])N(C(C)(C)C)C1([2H])[2H]. The van der Waals surface area contributed by atoms with Crippen molar-refractivity contribution >= 4 is 0 Å². The number of hydrogen-bond donors (Lipinski definition) is 1. The Morgan fingerprint density at radius 1 is 1.30 bits per heavy atom. The molecule has 0 aromatic heterocycles. The van der Waals surface area contributed by atoms with E-state index in [1.54, 1.807) is 5.32 Å². The zero-order valence-corrected chi connectivity index (χ0v) is 6.45. The minimum atomic E-state index is -2.71. The van der Waals surface area contributed by atoms with Crippen LogP contribution in [-0.4, -0.2) is 36.4 Å². The number of nitrogens with one attached hydrogen (secondary N) is 1. The molecule has 0 unspecified atom stereocenters. The van der Waals surface area contributed by atoms with E-state index in [1.165, 1.54) is 20.8 Å². The standard InChI is InChI=1S/C8H18N2/c1-8(2,3)10-6-4-9-5-7-10/h9H,4-7H2,1-3H3/i4D2,5D2,6D2,7D2. The first-order chi connectivity index (χ1) is 7.57. The Morgan fingerprint density at radius 3 is 2.20 bits per heavy atom. The van der Waals surface area contributed by atoms with E-state index in [-0.39, 0.29) is 0 Å². The van der Waals surface area contributed by atoms with E-state index in [4.69, 9.17) is 11.0 Å². The van der Waals surface area contributed by atoms with Gasteiger partial charge in [-0.2, -0.15) is 0 Å². The van der Waals surface area contributed by atoms with Crippen LogP contribution in [0, 0.1) is 0 Å². The van der Waals surface area contributed by atoms with Gasteiger partial charge in [0.2, 0.25) is 0 Å². The average molecular weight is 150 g/mol. The maximum atomic E-state index is 7.82. The van der Waals surface area contributed by atoms with Crippen LogP contribution in [0.4, 0.5) is 0 Å². The van der Waals surface area contributed by atoms with Crippen LogP contribution in [0.5, 0.6) is 0 Å². The van der Waals surface area contributed by atoms with Crippen molar-refractivity contribution in [2.45, 2.75) is 26.3 Å². The summed E-state index contributed by atoms with van der Waals surface area (Å²) in [5, 5.41) is 1.79. The molecule has 0 aromatic carbocycles. The van der Waals surface area contributed by atoms with Crippen molar-refractivity contribution in [2.75, 3.05) is 26.0 Å². The smallest absolute Gasteiger partial charge is 0.0444 e. The molecule has 0 aromatic rings. The van der Waals surface area contributed by atoms with Gasteiger partial charge in [-0.05, 0) is 20.8 Å². The van der Waals surface area contributed by atoms with Crippen LogP contribution >= 0.6 is 0 Å². The third-order valence-corrected chi connectivity index (χ3v) is 1.13. The molecular weight excluding hydrogens is 124 g/mol. The normalized spacial score (nSPS) is 55.1. The summed E-state index contributed by atoms with van der Waals surface area (Å²) in [7, 11) is 0. The Morgan fingerprint density at radius 2 is 1.80 bits per heavy atom. The van der Waals surface area contributed by atoms with Crippen molar-refractivity contribution in [2.24, 2.45) is 0 Å². The first-order valence-electron chi connectivity index (χ1n) is 7.17. The molecule has 1 heterocycles. The predicted octanol–water partition coefficient (Wildman–Crippen LogP) is 0.690. The van der Waals surface area contributed by atoms with Crippen molar-refractivity contribution in [3.63, 3.8) is 0 Å². The number of rotatable bonds is 0. The molecule has 0 radical (unpaired) electrons. The van der Waals surface area contributed by atoms with Gasteiger partial charge in [0.25, 0.3) is 0 Å². The topological polar surface area (TPSA) is 15.3 Å². The molecule has 60 valence electrons. The summed E-state index contributed by atoms with van der Waals surface area (Å²) in [5.41, 5.74) is -1.09. The third kappa shape index (κ3) is 1.96. The van der Waals surface area contributed by atoms with E-state index in [0.29, 0.717) is 4.90 Å². The van der Waals surface area contributed by atoms with Crippen molar-refractivity contribution in [3.8, 4) is 0 Å². The molecule has 1 aliphatic heterocycles. The van der Waals surface area contributed by atoms with Gasteiger partial charge in [0.1, 0.15) is 0 Å². The zero-order chi connectivity index (χ0) is 14.8. The highest BCUT2D eigenvalue weighted by atomic mass is 15.2. The van der Waals surface area contributed by atoms with E-state index in [0.717, 1.165) is 0 Å². The van der Waals surface area contributed by atoms with Crippen molar-refractivity contribution < 1.29 is 11.0 Å². The second-order valence-corrected chi connectivity index (χ2v) is 3.10. The molecule has 0 amide bonds. The molecule has 1 fully saturated rings. The Labute approximate surface area is 74.8 Å². The summed E-state index contributed by atoms with van der Waals surface area (Å²) in [5.74, 6) is 0. The molecule has 2 heteroatoms. The van der Waals surface area contributed by atoms with E-state index >= 15 is 0 Å². The van der Waals surface area contributed by atoms with Crippen molar-refractivity contribution in [1.29, 1.82) is 0 Å². The van der Waals surface area contributed by atoms with Gasteiger partial charge in [0.05, 0.1) is 0 Å². The van der Waals surface area contributed by atoms with Crippen LogP contribution < -0.4 is 5.32 Å². The molecule has 1 N–H and O–H groups in total. The predicted molar refractivity (Wildman–Crippen MR) is 44.2 cm³/mol. The molecule has 2 nitrogen and oxygen atoms in total. The van der Waals surface area contributed by atoms with Crippen LogP contribution in [0.15, 0.2) is 0 Å². The Kier molecular flexibility index (Phi) is 0.710. The van der Waals surface area contributed by atoms with Gasteiger partial charge in [0.15, 0.2) is 0 Å². The minimum absolute atomic E-state index is 0.615. The third-order valence-electron chi connectivity index (χ3n) is 1.13. The van der Waals surface area contributed by atoms with E-state index < -0.39 is 31.5 Å². The van der Waals surface area contributed by atoms with Crippen LogP contribution in [0.25, 0.3) is 0 Å². The maximum absolute atomic E-state index is 7.82. The minimum Gasteiger partial charge on any atom is -0.314 e. The molecule has 0 aliphatic carbocycles. The van der Waals surface area contributed by atoms with Gasteiger partial charge in [-0.15, -0.1) is 0 Å². The van der Waals surface area contributed by atoms with Gasteiger partial charge >= 0.3 is 0 Å². The van der Waals surface area contributed by atoms with Gasteiger partial charge < -0.3 is 5.32 Å². The van der Waals surface area contributed by atoms with Gasteiger partial charge in [-0.3, -0.25) is 4.90 Å². The lowest BCUT2D eigenvalue weighted by Gasteiger charge is -2.38. The van der Waals surface area contributed by atoms with E-state index in [1.807, 2.05) is 0 Å². The van der Waals surface area contributed by atoms with Gasteiger partial charge in [-0.25, -0.2) is 0 Å². The first kappa shape index (κ1) is 2.46. The van der Waals surface area contributed by atoms with E-state index in [2.05, 4.69) is 0 Å². The zero-order valence-electron chi connectivity index (χ0n) is 14.4. The highest BCUT2D eigenvalue weighted by Gasteiger charge is 2.21. The Balaban J connectivity index is 3.48. The second kappa shape index (κ2) is 2.89. The van der Waals surface area contributed by atoms with Crippen LogP contribution in [0.3, 0.4) is 0 Å². The Hall–Kier alpha value is -0.0800. The van der Waals surface area contributed by atoms with Gasteiger partial charge in [-0.1, -0.05) is 0 Å². The fraction of sp³-hybridized carbons (Fsp3) is 1.00. The quantitative estimate of drug-likeness (QED) is 0.546. The molecule has 0 bridgehead atoms. The highest BCUT2D eigenvalue weighted by molar-refractivity contribution is 4.79. The summed E-state index contributed by atoms with van der Waals surface area (Å²) >= 11 is 0. The summed E-state index contributed by atoms with van der Waals surface area (Å²) in [6.07, 6.45) is 0. The largest absolute Gasteiger partial charge is 0.314 e. The second-order valence-electron chi connectivity index (χ2n) is 3.10. The van der Waals surface area contributed by atoms with Crippen LogP contribution in [-0.2, 0) is 0 Å². The summed E-state index contributed by atoms with van der Waals surface area (Å²) in [6, 6.07) is 0. The molecule has 10 heavy (non-hydrogen) atoms. The molecule has 1 saturated heterocycles. The van der Waals surface area contributed by atoms with Gasteiger partial charge in [0, 0.05) is 42.5 Å². The summed E-state index contributed by atoms with van der Waals surface area (Å²) < 4.78 is 61.7. The lowest BCUT2D eigenvalue weighted by Crippen LogP contribution is -2.51. The molecule has 0 atom stereocenters. The highest BCUT2D eigenvalue weighted by Crippen LogP contribution is 2.12. The first-order valence-corrected chi connectivity index (χ1v) is 3.17. The summed E-state index contributed by atoms with van der Waals surface area (Å²) in [4.78, 5) is 0.615. The fourth-order valence-corrected chi connectivity index (χ4v) is 0.562. The maximum Gasteiger partial charge on any atom is 0.0444 e. The molecule has 0 saturated carbocycles. The molecule has 0 spiro atoms. The summed E-state index contributed by atoms with van der Waals surface area (Å²) in [6.45, 7) is -6.27. The lowest BCUT2D eigenvalue weighted by atomic mass is 10.1. The van der Waals surface area contributed by atoms with E-state index in [9.17, 15) is 0 Å². The molecular formula is C8H18N2. The van der Waals surface area contributed by atoms with Crippen molar-refractivity contribution in [1.82, 2.24) is 10.2 Å². The molecule has 1 aliphatic rings. The van der Waals surface area contributed by atoms with Crippen LogP contribution in [0.2, 0.25) is 0 Å². The number of nitrogens with zero attached hydrogens (tertiary/aromatic N) is 1. The number of hydrogen-bond acceptors (Lipinski definition) is 2. The fourth-order valence-electron chi connectivity index (χ4n) is 0.562.